The molecule has 0 heterocycles. The van der Waals surface area contributed by atoms with Gasteiger partial charge in [0.1, 0.15) is 0 Å². The molecular weight excluding hydrogens is 224 g/mol. The normalized spacial score (nSPS) is 36.6. The summed E-state index contributed by atoms with van der Waals surface area (Å²) in [5.74, 6) is 2.34. The highest BCUT2D eigenvalue weighted by molar-refractivity contribution is 5.76. The first-order valence-corrected chi connectivity index (χ1v) is 7.67. The number of hydrogen-bond acceptors (Lipinski definition) is 2. The van der Waals surface area contributed by atoms with Crippen molar-refractivity contribution in [3.63, 3.8) is 0 Å². The second-order valence-electron chi connectivity index (χ2n) is 6.46. The first-order chi connectivity index (χ1) is 8.65. The van der Waals surface area contributed by atoms with Gasteiger partial charge in [-0.15, -0.1) is 0 Å². The highest BCUT2D eigenvalue weighted by Gasteiger charge is 2.25. The molecule has 1 amide bonds. The maximum Gasteiger partial charge on any atom is 0.220 e. The quantitative estimate of drug-likeness (QED) is 0.807. The van der Waals surface area contributed by atoms with E-state index >= 15 is 0 Å². The van der Waals surface area contributed by atoms with Crippen LogP contribution in [0.25, 0.3) is 0 Å². The van der Waals surface area contributed by atoms with Crippen LogP contribution in [-0.4, -0.2) is 18.5 Å². The van der Waals surface area contributed by atoms with E-state index in [1.807, 2.05) is 0 Å². The lowest BCUT2D eigenvalue weighted by Crippen LogP contribution is -2.33. The van der Waals surface area contributed by atoms with Crippen LogP contribution >= 0.6 is 0 Å². The summed E-state index contributed by atoms with van der Waals surface area (Å²) in [7, 11) is 0. The molecule has 3 N–H and O–H groups in total. The Hall–Kier alpha value is -0.570. The average molecular weight is 252 g/mol. The van der Waals surface area contributed by atoms with Crippen LogP contribution in [0.2, 0.25) is 0 Å². The Morgan fingerprint density at radius 2 is 1.89 bits per heavy atom. The molecule has 104 valence electrons. The van der Waals surface area contributed by atoms with Crippen molar-refractivity contribution in [2.24, 2.45) is 23.5 Å². The van der Waals surface area contributed by atoms with Crippen molar-refractivity contribution in [3.8, 4) is 0 Å². The van der Waals surface area contributed by atoms with Gasteiger partial charge in [0, 0.05) is 19.0 Å². The molecule has 0 radical (unpaired) electrons. The Bertz CT molecular complexity index is 272. The molecule has 2 unspecified atom stereocenters. The summed E-state index contributed by atoms with van der Waals surface area (Å²) >= 11 is 0. The van der Waals surface area contributed by atoms with Crippen LogP contribution in [0.1, 0.15) is 58.3 Å². The topological polar surface area (TPSA) is 55.1 Å². The maximum absolute atomic E-state index is 11.9. The highest BCUT2D eigenvalue weighted by atomic mass is 16.1. The van der Waals surface area contributed by atoms with Crippen LogP contribution in [-0.2, 0) is 4.79 Å². The SMILES string of the molecule is CC1CCCC1CNC(=O)CC1CCC(N)CC1. The second-order valence-corrected chi connectivity index (χ2v) is 6.46. The molecule has 2 rings (SSSR count). The van der Waals surface area contributed by atoms with E-state index in [-0.39, 0.29) is 5.91 Å². The first-order valence-electron chi connectivity index (χ1n) is 7.67. The van der Waals surface area contributed by atoms with Gasteiger partial charge in [-0.2, -0.15) is 0 Å². The third kappa shape index (κ3) is 3.98. The number of rotatable bonds is 4. The van der Waals surface area contributed by atoms with Gasteiger partial charge in [0.2, 0.25) is 5.91 Å². The van der Waals surface area contributed by atoms with E-state index < -0.39 is 0 Å². The van der Waals surface area contributed by atoms with Crippen molar-refractivity contribution in [1.82, 2.24) is 5.32 Å². The molecule has 2 aliphatic carbocycles. The summed E-state index contributed by atoms with van der Waals surface area (Å²) in [5, 5.41) is 3.14. The molecule has 0 saturated heterocycles. The summed E-state index contributed by atoms with van der Waals surface area (Å²) < 4.78 is 0. The summed E-state index contributed by atoms with van der Waals surface area (Å²) in [6.45, 7) is 3.21. The zero-order valence-electron chi connectivity index (χ0n) is 11.7. The Labute approximate surface area is 111 Å². The van der Waals surface area contributed by atoms with Crippen molar-refractivity contribution < 1.29 is 4.79 Å². The van der Waals surface area contributed by atoms with E-state index in [2.05, 4.69) is 12.2 Å². The number of nitrogens with two attached hydrogens (primary N) is 1. The van der Waals surface area contributed by atoms with E-state index in [0.29, 0.717) is 24.3 Å². The third-order valence-corrected chi connectivity index (χ3v) is 4.97. The number of nitrogens with one attached hydrogen (secondary N) is 1. The number of amides is 1. The van der Waals surface area contributed by atoms with Gasteiger partial charge < -0.3 is 11.1 Å². The van der Waals surface area contributed by atoms with Crippen LogP contribution < -0.4 is 11.1 Å². The molecule has 2 atom stereocenters. The van der Waals surface area contributed by atoms with Crippen LogP contribution in [0.15, 0.2) is 0 Å². The van der Waals surface area contributed by atoms with Crippen molar-refractivity contribution >= 4 is 5.91 Å². The largest absolute Gasteiger partial charge is 0.356 e. The van der Waals surface area contributed by atoms with Crippen LogP contribution in [0.3, 0.4) is 0 Å². The van der Waals surface area contributed by atoms with Crippen molar-refractivity contribution in [1.29, 1.82) is 0 Å². The van der Waals surface area contributed by atoms with E-state index in [0.717, 1.165) is 38.1 Å². The second kappa shape index (κ2) is 6.55. The zero-order valence-corrected chi connectivity index (χ0v) is 11.7. The zero-order chi connectivity index (χ0) is 13.0. The predicted molar refractivity (Wildman–Crippen MR) is 74.1 cm³/mol. The van der Waals surface area contributed by atoms with Gasteiger partial charge in [-0.3, -0.25) is 4.79 Å². The van der Waals surface area contributed by atoms with Crippen LogP contribution in [0.5, 0.6) is 0 Å². The van der Waals surface area contributed by atoms with E-state index in [9.17, 15) is 4.79 Å². The molecule has 2 aliphatic rings. The Balaban J connectivity index is 1.63. The summed E-state index contributed by atoms with van der Waals surface area (Å²) in [4.78, 5) is 11.9. The Morgan fingerprint density at radius 3 is 2.50 bits per heavy atom. The van der Waals surface area contributed by atoms with Gasteiger partial charge in [-0.05, 0) is 49.9 Å². The number of hydrogen-bond donors (Lipinski definition) is 2. The van der Waals surface area contributed by atoms with E-state index in [1.54, 1.807) is 0 Å². The molecule has 0 bridgehead atoms. The molecule has 18 heavy (non-hydrogen) atoms. The molecule has 0 aromatic carbocycles. The molecule has 0 aliphatic heterocycles. The monoisotopic (exact) mass is 252 g/mol. The first kappa shape index (κ1) is 13.9. The Kier molecular flexibility index (Phi) is 5.04. The van der Waals surface area contributed by atoms with Crippen LogP contribution in [0, 0.1) is 17.8 Å². The number of carbonyl (C=O) groups is 1. The molecule has 2 saturated carbocycles. The minimum Gasteiger partial charge on any atom is -0.356 e. The average Bonchev–Trinajstić information content (AvgIpc) is 2.75. The molecule has 0 aromatic rings. The fourth-order valence-electron chi connectivity index (χ4n) is 3.50. The van der Waals surface area contributed by atoms with Gasteiger partial charge >= 0.3 is 0 Å². The van der Waals surface area contributed by atoms with E-state index in [1.165, 1.54) is 19.3 Å². The summed E-state index contributed by atoms with van der Waals surface area (Å²) in [6.07, 6.45) is 9.13. The predicted octanol–water partition coefficient (Wildman–Crippen LogP) is 2.45. The van der Waals surface area contributed by atoms with Gasteiger partial charge in [0.05, 0.1) is 0 Å². The van der Waals surface area contributed by atoms with Gasteiger partial charge in [-0.25, -0.2) is 0 Å². The van der Waals surface area contributed by atoms with Crippen molar-refractivity contribution in [3.05, 3.63) is 0 Å². The molecule has 3 nitrogen and oxygen atoms in total. The fourth-order valence-corrected chi connectivity index (χ4v) is 3.50. The lowest BCUT2D eigenvalue weighted by Gasteiger charge is -2.25. The smallest absolute Gasteiger partial charge is 0.220 e. The maximum atomic E-state index is 11.9. The summed E-state index contributed by atoms with van der Waals surface area (Å²) in [5.41, 5.74) is 5.88. The van der Waals surface area contributed by atoms with Gasteiger partial charge in [0.25, 0.3) is 0 Å². The van der Waals surface area contributed by atoms with E-state index in [4.69, 9.17) is 5.73 Å². The standard InChI is InChI=1S/C15H28N2O/c1-11-3-2-4-13(11)10-17-15(18)9-12-5-7-14(16)8-6-12/h11-14H,2-10,16H2,1H3,(H,17,18). The molecule has 2 fully saturated rings. The minimum atomic E-state index is 0.259. The van der Waals surface area contributed by atoms with Gasteiger partial charge in [-0.1, -0.05) is 19.8 Å². The van der Waals surface area contributed by atoms with Crippen LogP contribution in [0.4, 0.5) is 0 Å². The molecule has 0 spiro atoms. The van der Waals surface area contributed by atoms with Crippen molar-refractivity contribution in [2.75, 3.05) is 6.54 Å². The highest BCUT2D eigenvalue weighted by Crippen LogP contribution is 2.30. The lowest BCUT2D eigenvalue weighted by molar-refractivity contribution is -0.122. The molecular formula is C15H28N2O. The number of carbonyl (C=O) groups excluding carboxylic acids is 1. The lowest BCUT2D eigenvalue weighted by atomic mass is 9.84. The van der Waals surface area contributed by atoms with Gasteiger partial charge in [0.15, 0.2) is 0 Å². The molecule has 3 heteroatoms. The van der Waals surface area contributed by atoms with Crippen molar-refractivity contribution in [2.45, 2.75) is 64.3 Å². The minimum absolute atomic E-state index is 0.259. The Morgan fingerprint density at radius 1 is 1.17 bits per heavy atom. The fraction of sp³-hybridized carbons (Fsp3) is 0.933. The molecule has 0 aromatic heterocycles. The third-order valence-electron chi connectivity index (χ3n) is 4.97. The summed E-state index contributed by atoms with van der Waals surface area (Å²) in [6, 6.07) is 0.378.